The minimum atomic E-state index is -0.0368. The molecule has 0 fully saturated rings. The molecule has 3 rings (SSSR count). The second-order valence-corrected chi connectivity index (χ2v) is 4.91. The van der Waals surface area contributed by atoms with Crippen molar-refractivity contribution in [2.24, 2.45) is 0 Å². The molecular weight excluding hydrogens is 264 g/mol. The van der Waals surface area contributed by atoms with Gasteiger partial charge in [-0.25, -0.2) is 0 Å². The lowest BCUT2D eigenvalue weighted by Crippen LogP contribution is -1.99. The largest absolute Gasteiger partial charge is 0.488 e. The molecule has 0 unspecified atom stereocenters. The molecule has 4 nitrogen and oxygen atoms in total. The Morgan fingerprint density at radius 1 is 1.19 bits per heavy atom. The minimum absolute atomic E-state index is 0.0368. The summed E-state index contributed by atoms with van der Waals surface area (Å²) in [6.07, 6.45) is 3.78. The molecule has 21 heavy (non-hydrogen) atoms. The predicted molar refractivity (Wildman–Crippen MR) is 82.1 cm³/mol. The third-order valence-corrected chi connectivity index (χ3v) is 3.56. The Morgan fingerprint density at radius 3 is 2.81 bits per heavy atom. The van der Waals surface area contributed by atoms with Crippen LogP contribution in [-0.2, 0) is 19.8 Å². The Kier molecular flexibility index (Phi) is 3.88. The second-order valence-electron chi connectivity index (χ2n) is 4.91. The van der Waals surface area contributed by atoms with E-state index in [4.69, 9.17) is 4.74 Å². The number of aliphatic hydroxyl groups excluding tert-OH is 1. The molecule has 1 heterocycles. The summed E-state index contributed by atoms with van der Waals surface area (Å²) in [5.74, 6) is 0.723. The van der Waals surface area contributed by atoms with Crippen molar-refractivity contribution in [1.82, 2.24) is 9.78 Å². The van der Waals surface area contributed by atoms with Crippen LogP contribution in [0.3, 0.4) is 0 Å². The summed E-state index contributed by atoms with van der Waals surface area (Å²) in [6, 6.07) is 11.9. The Hall–Kier alpha value is -2.33. The molecule has 1 N–H and O–H groups in total. The summed E-state index contributed by atoms with van der Waals surface area (Å²) in [7, 11) is 0. The van der Waals surface area contributed by atoms with E-state index in [1.807, 2.05) is 60.4 Å². The van der Waals surface area contributed by atoms with E-state index in [-0.39, 0.29) is 6.61 Å². The van der Waals surface area contributed by atoms with Gasteiger partial charge in [0.2, 0.25) is 0 Å². The van der Waals surface area contributed by atoms with Gasteiger partial charge in [0, 0.05) is 23.9 Å². The molecule has 108 valence electrons. The van der Waals surface area contributed by atoms with Gasteiger partial charge in [-0.3, -0.25) is 4.68 Å². The number of benzene rings is 2. The summed E-state index contributed by atoms with van der Waals surface area (Å²) in [5, 5.41) is 16.0. The van der Waals surface area contributed by atoms with Crippen LogP contribution in [-0.4, -0.2) is 14.9 Å². The molecule has 0 spiro atoms. The molecule has 0 bridgehead atoms. The van der Waals surface area contributed by atoms with E-state index in [0.29, 0.717) is 6.61 Å². The molecule has 0 saturated carbocycles. The summed E-state index contributed by atoms with van der Waals surface area (Å²) < 4.78 is 7.73. The van der Waals surface area contributed by atoms with Gasteiger partial charge in [0.25, 0.3) is 0 Å². The fraction of sp³-hybridized carbons (Fsp3) is 0.235. The van der Waals surface area contributed by atoms with Crippen LogP contribution in [0.15, 0.2) is 48.8 Å². The van der Waals surface area contributed by atoms with Crippen molar-refractivity contribution in [2.45, 2.75) is 26.7 Å². The minimum Gasteiger partial charge on any atom is -0.488 e. The molecule has 0 saturated heterocycles. The van der Waals surface area contributed by atoms with Crippen molar-refractivity contribution >= 4 is 10.8 Å². The van der Waals surface area contributed by atoms with Crippen molar-refractivity contribution in [3.8, 4) is 5.75 Å². The number of nitrogens with zero attached hydrogens (tertiary/aromatic N) is 2. The van der Waals surface area contributed by atoms with Crippen LogP contribution in [0.25, 0.3) is 10.8 Å². The monoisotopic (exact) mass is 282 g/mol. The Bertz CT molecular complexity index is 749. The first-order chi connectivity index (χ1) is 10.3. The number of rotatable bonds is 5. The molecule has 0 amide bonds. The van der Waals surface area contributed by atoms with E-state index in [0.717, 1.165) is 34.2 Å². The van der Waals surface area contributed by atoms with E-state index >= 15 is 0 Å². The number of hydrogen-bond donors (Lipinski definition) is 1. The molecule has 4 heteroatoms. The molecule has 1 aromatic heterocycles. The zero-order valence-corrected chi connectivity index (χ0v) is 12.0. The maximum atomic E-state index is 9.66. The van der Waals surface area contributed by atoms with Crippen molar-refractivity contribution < 1.29 is 9.84 Å². The van der Waals surface area contributed by atoms with Crippen LogP contribution >= 0.6 is 0 Å². The third-order valence-electron chi connectivity index (χ3n) is 3.56. The normalized spacial score (nSPS) is 11.0. The van der Waals surface area contributed by atoms with E-state index < -0.39 is 0 Å². The summed E-state index contributed by atoms with van der Waals surface area (Å²) >= 11 is 0. The Balaban J connectivity index is 1.86. The zero-order valence-electron chi connectivity index (χ0n) is 12.0. The van der Waals surface area contributed by atoms with Crippen LogP contribution < -0.4 is 4.74 Å². The lowest BCUT2D eigenvalue weighted by molar-refractivity contribution is 0.260. The number of ether oxygens (including phenoxy) is 1. The maximum absolute atomic E-state index is 9.66. The lowest BCUT2D eigenvalue weighted by atomic mass is 10.0. The maximum Gasteiger partial charge on any atom is 0.125 e. The Labute approximate surface area is 123 Å². The summed E-state index contributed by atoms with van der Waals surface area (Å²) in [5.41, 5.74) is 1.85. The van der Waals surface area contributed by atoms with E-state index in [1.165, 1.54) is 0 Å². The van der Waals surface area contributed by atoms with Gasteiger partial charge in [-0.2, -0.15) is 5.10 Å². The smallest absolute Gasteiger partial charge is 0.125 e. The predicted octanol–water partition coefficient (Wildman–Crippen LogP) is 3.13. The van der Waals surface area contributed by atoms with Crippen molar-refractivity contribution in [2.75, 3.05) is 0 Å². The number of aromatic nitrogens is 2. The standard InChI is InChI=1S/C17H18N2O2/c1-2-19-10-13(9-18-19)12-21-17-8-7-14-5-3-4-6-15(14)16(17)11-20/h3-10,20H,2,11-12H2,1H3. The molecule has 0 aliphatic heterocycles. The molecule has 0 atom stereocenters. The topological polar surface area (TPSA) is 47.3 Å². The quantitative estimate of drug-likeness (QED) is 0.782. The number of hydrogen-bond acceptors (Lipinski definition) is 3. The van der Waals surface area contributed by atoms with Crippen LogP contribution in [0.5, 0.6) is 5.75 Å². The van der Waals surface area contributed by atoms with Gasteiger partial charge in [-0.1, -0.05) is 30.3 Å². The van der Waals surface area contributed by atoms with Crippen LogP contribution in [0, 0.1) is 0 Å². The first-order valence-corrected chi connectivity index (χ1v) is 7.07. The van der Waals surface area contributed by atoms with Gasteiger partial charge >= 0.3 is 0 Å². The molecule has 0 aliphatic carbocycles. The van der Waals surface area contributed by atoms with Gasteiger partial charge in [-0.15, -0.1) is 0 Å². The first kappa shape index (κ1) is 13.6. The van der Waals surface area contributed by atoms with Gasteiger partial charge in [0.1, 0.15) is 12.4 Å². The second kappa shape index (κ2) is 5.97. The molecule has 0 radical (unpaired) electrons. The number of fused-ring (bicyclic) bond motifs is 1. The van der Waals surface area contributed by atoms with Crippen molar-refractivity contribution in [3.05, 3.63) is 59.9 Å². The highest BCUT2D eigenvalue weighted by Gasteiger charge is 2.08. The number of aryl methyl sites for hydroxylation is 1. The average Bonchev–Trinajstić information content (AvgIpc) is 3.00. The molecule has 3 aromatic rings. The first-order valence-electron chi connectivity index (χ1n) is 7.07. The Morgan fingerprint density at radius 2 is 2.05 bits per heavy atom. The van der Waals surface area contributed by atoms with Crippen LogP contribution in [0.2, 0.25) is 0 Å². The SMILES string of the molecule is CCn1cc(COc2ccc3ccccc3c2CO)cn1. The fourth-order valence-corrected chi connectivity index (χ4v) is 2.43. The highest BCUT2D eigenvalue weighted by molar-refractivity contribution is 5.87. The van der Waals surface area contributed by atoms with E-state index in [9.17, 15) is 5.11 Å². The van der Waals surface area contributed by atoms with E-state index in [2.05, 4.69) is 5.10 Å². The summed E-state index contributed by atoms with van der Waals surface area (Å²) in [6.45, 7) is 3.30. The van der Waals surface area contributed by atoms with Gasteiger partial charge in [0.05, 0.1) is 12.8 Å². The van der Waals surface area contributed by atoms with E-state index in [1.54, 1.807) is 0 Å². The highest BCUT2D eigenvalue weighted by Crippen LogP contribution is 2.28. The van der Waals surface area contributed by atoms with Gasteiger partial charge in [0.15, 0.2) is 0 Å². The molecule has 2 aromatic carbocycles. The number of aliphatic hydroxyl groups is 1. The summed E-state index contributed by atoms with van der Waals surface area (Å²) in [4.78, 5) is 0. The van der Waals surface area contributed by atoms with Crippen molar-refractivity contribution in [1.29, 1.82) is 0 Å². The fourth-order valence-electron chi connectivity index (χ4n) is 2.43. The van der Waals surface area contributed by atoms with Crippen LogP contribution in [0.1, 0.15) is 18.1 Å². The lowest BCUT2D eigenvalue weighted by Gasteiger charge is -2.12. The molecular formula is C17H18N2O2. The molecule has 0 aliphatic rings. The van der Waals surface area contributed by atoms with Gasteiger partial charge in [-0.05, 0) is 23.8 Å². The average molecular weight is 282 g/mol. The zero-order chi connectivity index (χ0) is 14.7. The van der Waals surface area contributed by atoms with Gasteiger partial charge < -0.3 is 9.84 Å². The van der Waals surface area contributed by atoms with Crippen LogP contribution in [0.4, 0.5) is 0 Å². The van der Waals surface area contributed by atoms with Crippen molar-refractivity contribution in [3.63, 3.8) is 0 Å². The highest BCUT2D eigenvalue weighted by atomic mass is 16.5. The third kappa shape index (κ3) is 2.76.